The van der Waals surface area contributed by atoms with Crippen LogP contribution in [0.4, 0.5) is 11.5 Å². The molecule has 4 rings (SSSR count). The minimum atomic E-state index is -1.28. The van der Waals surface area contributed by atoms with Crippen LogP contribution < -0.4 is 10.6 Å². The Morgan fingerprint density at radius 1 is 1.21 bits per heavy atom. The Morgan fingerprint density at radius 2 is 1.96 bits per heavy atom. The average Bonchev–Trinajstić information content (AvgIpc) is 3.11. The Kier molecular flexibility index (Phi) is 4.87. The van der Waals surface area contributed by atoms with Gasteiger partial charge in [0.05, 0.1) is 12.2 Å². The molecule has 1 aliphatic heterocycles. The van der Waals surface area contributed by atoms with Crippen LogP contribution in [0.3, 0.4) is 0 Å². The highest BCUT2D eigenvalue weighted by molar-refractivity contribution is 8.02. The van der Waals surface area contributed by atoms with Crippen molar-refractivity contribution in [2.75, 3.05) is 10.6 Å². The van der Waals surface area contributed by atoms with Crippen molar-refractivity contribution in [1.29, 1.82) is 0 Å². The number of thioether (sulfide) groups is 1. The van der Waals surface area contributed by atoms with Crippen LogP contribution in [0.2, 0.25) is 5.02 Å². The van der Waals surface area contributed by atoms with Gasteiger partial charge in [-0.1, -0.05) is 47.6 Å². The average molecular weight is 413 g/mol. The Morgan fingerprint density at radius 3 is 2.75 bits per heavy atom. The summed E-state index contributed by atoms with van der Waals surface area (Å²) in [4.78, 5) is 26.3. The monoisotopic (exact) mass is 412 g/mol. The quantitative estimate of drug-likeness (QED) is 0.634. The zero-order valence-corrected chi connectivity index (χ0v) is 16.6. The first-order valence-corrected chi connectivity index (χ1v) is 9.82. The van der Waals surface area contributed by atoms with E-state index in [2.05, 4.69) is 15.7 Å². The zero-order valence-electron chi connectivity index (χ0n) is 15.0. The number of hydrogen-bond acceptors (Lipinski definition) is 4. The molecule has 2 N–H and O–H groups in total. The molecule has 1 atom stereocenters. The first kappa shape index (κ1) is 18.6. The Bertz CT molecular complexity index is 1050. The van der Waals surface area contributed by atoms with E-state index in [1.54, 1.807) is 23.9 Å². The smallest absolute Gasteiger partial charge is 0.251 e. The summed E-state index contributed by atoms with van der Waals surface area (Å²) in [6.45, 7) is 2.16. The van der Waals surface area contributed by atoms with E-state index in [-0.39, 0.29) is 5.91 Å². The summed E-state index contributed by atoms with van der Waals surface area (Å²) in [6, 6.07) is 16.6. The third-order valence-corrected chi connectivity index (χ3v) is 6.06. The molecule has 142 valence electrons. The van der Waals surface area contributed by atoms with Crippen molar-refractivity contribution < 1.29 is 9.59 Å². The number of carbonyl (C=O) groups is 2. The second kappa shape index (κ2) is 7.33. The lowest BCUT2D eigenvalue weighted by Gasteiger charge is -2.31. The van der Waals surface area contributed by atoms with Crippen LogP contribution >= 0.6 is 23.4 Å². The van der Waals surface area contributed by atoms with Crippen LogP contribution in [0, 0.1) is 0 Å². The summed E-state index contributed by atoms with van der Waals surface area (Å²) in [6.07, 6.45) is 1.77. The maximum absolute atomic E-state index is 12.9. The molecule has 3 aromatic rings. The third-order valence-electron chi connectivity index (χ3n) is 4.46. The van der Waals surface area contributed by atoms with E-state index in [1.165, 1.54) is 11.8 Å². The molecule has 0 aliphatic carbocycles. The first-order chi connectivity index (χ1) is 13.4. The van der Waals surface area contributed by atoms with Gasteiger partial charge in [-0.25, -0.2) is 0 Å². The molecule has 2 heterocycles. The van der Waals surface area contributed by atoms with Crippen molar-refractivity contribution >= 4 is 46.7 Å². The highest BCUT2D eigenvalue weighted by Gasteiger charge is 2.46. The maximum Gasteiger partial charge on any atom is 0.251 e. The number of anilines is 2. The molecule has 1 unspecified atom stereocenters. The van der Waals surface area contributed by atoms with Gasteiger partial charge in [-0.15, -0.1) is 0 Å². The number of rotatable bonds is 4. The highest BCUT2D eigenvalue weighted by atomic mass is 35.5. The molecule has 0 bridgehead atoms. The van der Waals surface area contributed by atoms with Gasteiger partial charge < -0.3 is 10.6 Å². The molecule has 0 fully saturated rings. The lowest BCUT2D eigenvalue weighted by molar-refractivity contribution is -0.126. The SMILES string of the molecule is CC1(C(=O)Nc2ccn(Cc3ccc(Cl)cc3)n2)Sc2ccccc2NC1=O. The molecule has 1 aromatic heterocycles. The molecule has 0 saturated carbocycles. The van der Waals surface area contributed by atoms with Crippen LogP contribution in [0.1, 0.15) is 12.5 Å². The molecular formula is C20H17ClN4O2S. The fourth-order valence-electron chi connectivity index (χ4n) is 2.85. The number of aromatic nitrogens is 2. The van der Waals surface area contributed by atoms with E-state index in [1.807, 2.05) is 48.5 Å². The second-order valence-corrected chi connectivity index (χ2v) is 8.46. The fraction of sp³-hybridized carbons (Fsp3) is 0.150. The molecule has 2 amide bonds. The lowest BCUT2D eigenvalue weighted by atomic mass is 10.1. The number of nitrogens with one attached hydrogen (secondary N) is 2. The molecule has 0 radical (unpaired) electrons. The number of carbonyl (C=O) groups excluding carboxylic acids is 2. The Balaban J connectivity index is 1.47. The highest BCUT2D eigenvalue weighted by Crippen LogP contribution is 2.42. The lowest BCUT2D eigenvalue weighted by Crippen LogP contribution is -2.49. The summed E-state index contributed by atoms with van der Waals surface area (Å²) >= 11 is 7.14. The normalized spacial score (nSPS) is 18.3. The molecule has 0 spiro atoms. The predicted octanol–water partition coefficient (Wildman–Crippen LogP) is 4.03. The van der Waals surface area contributed by atoms with E-state index < -0.39 is 10.7 Å². The predicted molar refractivity (Wildman–Crippen MR) is 111 cm³/mol. The molecule has 2 aromatic carbocycles. The molecular weight excluding hydrogens is 396 g/mol. The zero-order chi connectivity index (χ0) is 19.7. The van der Waals surface area contributed by atoms with E-state index in [9.17, 15) is 9.59 Å². The van der Waals surface area contributed by atoms with Crippen molar-refractivity contribution in [3.05, 3.63) is 71.4 Å². The van der Waals surface area contributed by atoms with Gasteiger partial charge in [-0.2, -0.15) is 5.10 Å². The Labute approximate surface area is 171 Å². The van der Waals surface area contributed by atoms with Gasteiger partial charge in [0, 0.05) is 22.2 Å². The van der Waals surface area contributed by atoms with E-state index >= 15 is 0 Å². The minimum Gasteiger partial charge on any atom is -0.323 e. The van der Waals surface area contributed by atoms with E-state index in [4.69, 9.17) is 11.6 Å². The van der Waals surface area contributed by atoms with Crippen LogP contribution in [0.15, 0.2) is 65.7 Å². The summed E-state index contributed by atoms with van der Waals surface area (Å²) < 4.78 is 0.429. The molecule has 6 nitrogen and oxygen atoms in total. The molecule has 8 heteroatoms. The van der Waals surface area contributed by atoms with Gasteiger partial charge >= 0.3 is 0 Å². The first-order valence-electron chi connectivity index (χ1n) is 8.63. The Hall–Kier alpha value is -2.77. The van der Waals surface area contributed by atoms with Crippen molar-refractivity contribution in [2.45, 2.75) is 23.1 Å². The minimum absolute atomic E-state index is 0.353. The van der Waals surface area contributed by atoms with Gasteiger partial charge in [-0.05, 0) is 36.8 Å². The van der Waals surface area contributed by atoms with Crippen LogP contribution in [-0.4, -0.2) is 26.3 Å². The van der Waals surface area contributed by atoms with E-state index in [0.717, 1.165) is 16.1 Å². The van der Waals surface area contributed by atoms with Crippen LogP contribution in [0.5, 0.6) is 0 Å². The van der Waals surface area contributed by atoms with Crippen molar-refractivity contribution in [1.82, 2.24) is 9.78 Å². The molecule has 28 heavy (non-hydrogen) atoms. The van der Waals surface area contributed by atoms with Crippen LogP contribution in [0.25, 0.3) is 0 Å². The van der Waals surface area contributed by atoms with Gasteiger partial charge in [-0.3, -0.25) is 14.3 Å². The van der Waals surface area contributed by atoms with Gasteiger partial charge in [0.25, 0.3) is 5.91 Å². The van der Waals surface area contributed by atoms with Crippen molar-refractivity contribution in [2.24, 2.45) is 0 Å². The number of nitrogens with zero attached hydrogens (tertiary/aromatic N) is 2. The number of benzene rings is 2. The van der Waals surface area contributed by atoms with Crippen LogP contribution in [-0.2, 0) is 16.1 Å². The van der Waals surface area contributed by atoms with Crippen molar-refractivity contribution in [3.63, 3.8) is 0 Å². The summed E-state index contributed by atoms with van der Waals surface area (Å²) in [5.74, 6) is -0.372. The maximum atomic E-state index is 12.9. The van der Waals surface area contributed by atoms with Gasteiger partial charge in [0.2, 0.25) is 5.91 Å². The number of para-hydroxylation sites is 1. The third kappa shape index (κ3) is 3.63. The standard InChI is InChI=1S/C20H17ClN4O2S/c1-20(18(26)22-15-4-2-3-5-16(15)28-20)19(27)23-17-10-11-25(24-17)12-13-6-8-14(21)9-7-13/h2-11H,12H2,1H3,(H,22,26)(H,23,24,27). The number of halogens is 1. The molecule has 1 aliphatic rings. The van der Waals surface area contributed by atoms with Crippen molar-refractivity contribution in [3.8, 4) is 0 Å². The number of amides is 2. The van der Waals surface area contributed by atoms with Gasteiger partial charge in [0.1, 0.15) is 0 Å². The molecule has 0 saturated heterocycles. The summed E-state index contributed by atoms with van der Waals surface area (Å²) in [5, 5.41) is 10.6. The van der Waals surface area contributed by atoms with E-state index in [0.29, 0.717) is 17.4 Å². The summed E-state index contributed by atoms with van der Waals surface area (Å²) in [7, 11) is 0. The number of fused-ring (bicyclic) bond motifs is 1. The number of hydrogen-bond donors (Lipinski definition) is 2. The van der Waals surface area contributed by atoms with Gasteiger partial charge in [0.15, 0.2) is 10.6 Å². The topological polar surface area (TPSA) is 76.0 Å². The summed E-state index contributed by atoms with van der Waals surface area (Å²) in [5.41, 5.74) is 1.76. The fourth-order valence-corrected chi connectivity index (χ4v) is 4.07. The largest absolute Gasteiger partial charge is 0.323 e. The second-order valence-electron chi connectivity index (χ2n) is 6.56.